The van der Waals surface area contributed by atoms with Gasteiger partial charge in [0.25, 0.3) is 0 Å². The van der Waals surface area contributed by atoms with E-state index < -0.39 is 5.97 Å². The molecule has 0 radical (unpaired) electrons. The molecule has 0 amide bonds. The Morgan fingerprint density at radius 3 is 2.89 bits per heavy atom. The first kappa shape index (κ1) is 11.7. The molecular weight excluding hydrogens is 251 g/mol. The molecule has 0 spiro atoms. The number of benzene rings is 1. The first-order chi connectivity index (χ1) is 9.24. The zero-order chi connectivity index (χ0) is 13.2. The van der Waals surface area contributed by atoms with E-state index in [9.17, 15) is 9.18 Å². The summed E-state index contributed by atoms with van der Waals surface area (Å²) in [4.78, 5) is 13.6. The molecule has 6 heteroatoms. The molecule has 1 saturated heterocycles. The third-order valence-electron chi connectivity index (χ3n) is 2.99. The lowest BCUT2D eigenvalue weighted by atomic mass is 10.1. The Balaban J connectivity index is 1.79. The molecular formula is C13H11FN2O3. The van der Waals surface area contributed by atoms with Crippen molar-refractivity contribution in [3.05, 3.63) is 42.0 Å². The van der Waals surface area contributed by atoms with E-state index in [0.29, 0.717) is 11.4 Å². The summed E-state index contributed by atoms with van der Waals surface area (Å²) in [5, 5.41) is 3.42. The second-order valence-corrected chi connectivity index (χ2v) is 4.26. The number of rotatable bonds is 3. The SMILES string of the molecule is O=C(Oc1ccc(F)c(N2CCC2)c1)c1cnoc1. The van der Waals surface area contributed by atoms with Crippen molar-refractivity contribution >= 4 is 11.7 Å². The molecule has 2 aromatic rings. The molecule has 0 aliphatic carbocycles. The minimum Gasteiger partial charge on any atom is -0.423 e. The second-order valence-electron chi connectivity index (χ2n) is 4.26. The van der Waals surface area contributed by atoms with Crippen molar-refractivity contribution in [2.24, 2.45) is 0 Å². The maximum absolute atomic E-state index is 13.6. The van der Waals surface area contributed by atoms with Crippen LogP contribution in [0, 0.1) is 5.82 Å². The number of aromatic nitrogens is 1. The van der Waals surface area contributed by atoms with Crippen LogP contribution in [0.1, 0.15) is 16.8 Å². The van der Waals surface area contributed by atoms with Crippen molar-refractivity contribution in [2.45, 2.75) is 6.42 Å². The van der Waals surface area contributed by atoms with Gasteiger partial charge in [0.05, 0.1) is 11.9 Å². The van der Waals surface area contributed by atoms with Crippen LogP contribution in [0.25, 0.3) is 0 Å². The summed E-state index contributed by atoms with van der Waals surface area (Å²) in [6.07, 6.45) is 3.51. The van der Waals surface area contributed by atoms with Crippen molar-refractivity contribution in [3.8, 4) is 5.75 Å². The molecule has 0 N–H and O–H groups in total. The van der Waals surface area contributed by atoms with E-state index in [1.807, 2.05) is 4.90 Å². The lowest BCUT2D eigenvalue weighted by Crippen LogP contribution is -2.37. The number of carbonyl (C=O) groups is 1. The second kappa shape index (κ2) is 4.72. The Kier molecular flexibility index (Phi) is 2.91. The van der Waals surface area contributed by atoms with Crippen LogP contribution >= 0.6 is 0 Å². The molecule has 3 rings (SSSR count). The summed E-state index contributed by atoms with van der Waals surface area (Å²) in [6, 6.07) is 4.24. The van der Waals surface area contributed by atoms with E-state index in [1.54, 1.807) is 0 Å². The summed E-state index contributed by atoms with van der Waals surface area (Å²) in [5.41, 5.74) is 0.677. The number of nitrogens with zero attached hydrogens (tertiary/aromatic N) is 2. The maximum atomic E-state index is 13.6. The molecule has 1 aromatic carbocycles. The summed E-state index contributed by atoms with van der Waals surface area (Å²) in [7, 11) is 0. The van der Waals surface area contributed by atoms with Crippen molar-refractivity contribution in [1.29, 1.82) is 0 Å². The van der Waals surface area contributed by atoms with E-state index in [0.717, 1.165) is 19.5 Å². The van der Waals surface area contributed by atoms with Gasteiger partial charge in [0.1, 0.15) is 23.4 Å². The summed E-state index contributed by atoms with van der Waals surface area (Å²) in [5.74, 6) is -0.596. The van der Waals surface area contributed by atoms with Gasteiger partial charge in [-0.2, -0.15) is 0 Å². The van der Waals surface area contributed by atoms with Crippen LogP contribution in [-0.4, -0.2) is 24.2 Å². The number of anilines is 1. The summed E-state index contributed by atoms with van der Waals surface area (Å²) in [6.45, 7) is 1.64. The van der Waals surface area contributed by atoms with Gasteiger partial charge in [-0.05, 0) is 18.6 Å². The third kappa shape index (κ3) is 2.29. The first-order valence-electron chi connectivity index (χ1n) is 5.90. The molecule has 19 heavy (non-hydrogen) atoms. The molecule has 1 aromatic heterocycles. The highest BCUT2D eigenvalue weighted by molar-refractivity contribution is 5.90. The average molecular weight is 262 g/mol. The van der Waals surface area contributed by atoms with Crippen LogP contribution in [0.3, 0.4) is 0 Å². The highest BCUT2D eigenvalue weighted by Crippen LogP contribution is 2.28. The monoisotopic (exact) mass is 262 g/mol. The van der Waals surface area contributed by atoms with E-state index in [1.165, 1.54) is 30.7 Å². The fourth-order valence-corrected chi connectivity index (χ4v) is 1.83. The van der Waals surface area contributed by atoms with Gasteiger partial charge in [0.2, 0.25) is 0 Å². The van der Waals surface area contributed by atoms with Crippen LogP contribution < -0.4 is 9.64 Å². The van der Waals surface area contributed by atoms with Gasteiger partial charge in [-0.25, -0.2) is 9.18 Å². The lowest BCUT2D eigenvalue weighted by Gasteiger charge is -2.33. The molecule has 0 saturated carbocycles. The van der Waals surface area contributed by atoms with Crippen molar-refractivity contribution in [3.63, 3.8) is 0 Å². The maximum Gasteiger partial charge on any atom is 0.348 e. The number of ether oxygens (including phenoxy) is 1. The predicted octanol–water partition coefficient (Wildman–Crippen LogP) is 2.24. The van der Waals surface area contributed by atoms with Gasteiger partial charge < -0.3 is 14.2 Å². The number of halogens is 1. The molecule has 1 fully saturated rings. The van der Waals surface area contributed by atoms with E-state index in [-0.39, 0.29) is 11.4 Å². The molecule has 0 atom stereocenters. The highest BCUT2D eigenvalue weighted by Gasteiger charge is 2.19. The van der Waals surface area contributed by atoms with Gasteiger partial charge in [-0.1, -0.05) is 5.16 Å². The minimum atomic E-state index is -0.581. The van der Waals surface area contributed by atoms with Gasteiger partial charge >= 0.3 is 5.97 Å². The fourth-order valence-electron chi connectivity index (χ4n) is 1.83. The minimum absolute atomic E-state index is 0.217. The van der Waals surface area contributed by atoms with Gasteiger partial charge in [-0.3, -0.25) is 0 Å². The van der Waals surface area contributed by atoms with Crippen molar-refractivity contribution < 1.29 is 18.4 Å². The van der Waals surface area contributed by atoms with Crippen LogP contribution in [0.2, 0.25) is 0 Å². The molecule has 2 heterocycles. The standard InChI is InChI=1S/C13H11FN2O3/c14-11-3-2-10(6-12(11)16-4-1-5-16)19-13(17)9-7-15-18-8-9/h2-3,6-8H,1,4-5H2. The number of esters is 1. The first-order valence-corrected chi connectivity index (χ1v) is 5.90. The van der Waals surface area contributed by atoms with Gasteiger partial charge in [0.15, 0.2) is 0 Å². The summed E-state index contributed by atoms with van der Waals surface area (Å²) < 4.78 is 23.3. The number of hydrogen-bond acceptors (Lipinski definition) is 5. The molecule has 0 bridgehead atoms. The predicted molar refractivity (Wildman–Crippen MR) is 64.7 cm³/mol. The van der Waals surface area contributed by atoms with Gasteiger partial charge in [-0.15, -0.1) is 0 Å². The van der Waals surface area contributed by atoms with Crippen molar-refractivity contribution in [2.75, 3.05) is 18.0 Å². The largest absolute Gasteiger partial charge is 0.423 e. The Hall–Kier alpha value is -2.37. The van der Waals surface area contributed by atoms with Crippen LogP contribution in [0.15, 0.2) is 35.2 Å². The Labute approximate surface area is 108 Å². The summed E-state index contributed by atoms with van der Waals surface area (Å²) >= 11 is 0. The molecule has 1 aliphatic rings. The lowest BCUT2D eigenvalue weighted by molar-refractivity contribution is 0.0734. The molecule has 98 valence electrons. The number of carbonyl (C=O) groups excluding carboxylic acids is 1. The van der Waals surface area contributed by atoms with Gasteiger partial charge in [0, 0.05) is 19.2 Å². The molecule has 5 nitrogen and oxygen atoms in total. The Morgan fingerprint density at radius 2 is 2.26 bits per heavy atom. The normalized spacial score (nSPS) is 14.1. The third-order valence-corrected chi connectivity index (χ3v) is 2.99. The van der Waals surface area contributed by atoms with E-state index in [4.69, 9.17) is 4.74 Å². The van der Waals surface area contributed by atoms with E-state index >= 15 is 0 Å². The Morgan fingerprint density at radius 1 is 1.42 bits per heavy atom. The number of hydrogen-bond donors (Lipinski definition) is 0. The van der Waals surface area contributed by atoms with Crippen LogP contribution in [0.4, 0.5) is 10.1 Å². The average Bonchev–Trinajstić information content (AvgIpc) is 2.85. The van der Waals surface area contributed by atoms with E-state index in [2.05, 4.69) is 9.68 Å². The quantitative estimate of drug-likeness (QED) is 0.627. The smallest absolute Gasteiger partial charge is 0.348 e. The highest BCUT2D eigenvalue weighted by atomic mass is 19.1. The molecule has 0 unspecified atom stereocenters. The van der Waals surface area contributed by atoms with Crippen LogP contribution in [-0.2, 0) is 0 Å². The Bertz CT molecular complexity index is 594. The van der Waals surface area contributed by atoms with Crippen LogP contribution in [0.5, 0.6) is 5.75 Å². The fraction of sp³-hybridized carbons (Fsp3) is 0.231. The van der Waals surface area contributed by atoms with Crippen molar-refractivity contribution in [1.82, 2.24) is 5.16 Å². The molecule has 1 aliphatic heterocycles. The zero-order valence-electron chi connectivity index (χ0n) is 10.0. The zero-order valence-corrected chi connectivity index (χ0v) is 10.0. The topological polar surface area (TPSA) is 55.6 Å².